The second kappa shape index (κ2) is 7.98. The van der Waals surface area contributed by atoms with E-state index in [2.05, 4.69) is 9.72 Å². The summed E-state index contributed by atoms with van der Waals surface area (Å²) in [6.07, 6.45) is -0.725. The molecule has 0 radical (unpaired) electrons. The molecule has 144 valence electrons. The Kier molecular flexibility index (Phi) is 5.93. The van der Waals surface area contributed by atoms with E-state index in [-0.39, 0.29) is 6.42 Å². The van der Waals surface area contributed by atoms with Gasteiger partial charge >= 0.3 is 23.9 Å². The fraction of sp³-hybridized carbons (Fsp3) is 0.294. The van der Waals surface area contributed by atoms with E-state index < -0.39 is 48.4 Å². The average molecular weight is 378 g/mol. The Hall–Kier alpha value is -3.24. The van der Waals surface area contributed by atoms with Crippen LogP contribution in [0.2, 0.25) is 0 Å². The SMILES string of the molecule is N[C@@H](Cc1c[nH]c2ccccc12)C(=O)OC(=O)CC(O)(CC(=O)O)C(=O)O. The maximum atomic E-state index is 12.0. The molecule has 1 aromatic heterocycles. The van der Waals surface area contributed by atoms with Gasteiger partial charge in [0, 0.05) is 23.5 Å². The number of nitrogens with two attached hydrogens (primary N) is 1. The van der Waals surface area contributed by atoms with Crippen molar-refractivity contribution in [3.8, 4) is 0 Å². The number of carboxylic acid groups (broad SMARTS) is 2. The number of aromatic amines is 1. The van der Waals surface area contributed by atoms with Gasteiger partial charge in [-0.15, -0.1) is 0 Å². The number of hydrogen-bond donors (Lipinski definition) is 5. The molecular weight excluding hydrogens is 360 g/mol. The van der Waals surface area contributed by atoms with Crippen LogP contribution in [0.4, 0.5) is 0 Å². The van der Waals surface area contributed by atoms with Crippen molar-refractivity contribution < 1.29 is 39.2 Å². The minimum atomic E-state index is -2.88. The van der Waals surface area contributed by atoms with E-state index in [1.54, 1.807) is 6.20 Å². The van der Waals surface area contributed by atoms with Gasteiger partial charge in [0.1, 0.15) is 6.04 Å². The van der Waals surface area contributed by atoms with E-state index >= 15 is 0 Å². The molecule has 27 heavy (non-hydrogen) atoms. The monoisotopic (exact) mass is 378 g/mol. The molecule has 0 spiro atoms. The van der Waals surface area contributed by atoms with E-state index in [0.29, 0.717) is 0 Å². The van der Waals surface area contributed by atoms with E-state index in [4.69, 9.17) is 15.9 Å². The van der Waals surface area contributed by atoms with E-state index in [9.17, 15) is 24.3 Å². The number of esters is 2. The van der Waals surface area contributed by atoms with Crippen molar-refractivity contribution in [2.24, 2.45) is 5.73 Å². The molecule has 10 heteroatoms. The minimum Gasteiger partial charge on any atom is -0.481 e. The Bertz CT molecular complexity index is 890. The van der Waals surface area contributed by atoms with Crippen LogP contribution >= 0.6 is 0 Å². The molecule has 1 unspecified atom stereocenters. The Morgan fingerprint density at radius 1 is 1.15 bits per heavy atom. The van der Waals surface area contributed by atoms with Crippen LogP contribution in [0.15, 0.2) is 30.5 Å². The van der Waals surface area contributed by atoms with Crippen molar-refractivity contribution in [1.29, 1.82) is 0 Å². The number of aromatic nitrogens is 1. The topological polar surface area (TPSA) is 180 Å². The summed E-state index contributed by atoms with van der Waals surface area (Å²) in [5.74, 6) is -6.05. The van der Waals surface area contributed by atoms with Crippen LogP contribution in [0.1, 0.15) is 18.4 Å². The lowest BCUT2D eigenvalue weighted by Gasteiger charge is -2.20. The average Bonchev–Trinajstić information content (AvgIpc) is 2.96. The van der Waals surface area contributed by atoms with Crippen molar-refractivity contribution in [3.63, 3.8) is 0 Å². The molecular formula is C17H18N2O8. The van der Waals surface area contributed by atoms with Crippen molar-refractivity contribution in [2.75, 3.05) is 0 Å². The highest BCUT2D eigenvalue weighted by Crippen LogP contribution is 2.20. The van der Waals surface area contributed by atoms with Gasteiger partial charge in [-0.25, -0.2) is 9.59 Å². The van der Waals surface area contributed by atoms with Crippen molar-refractivity contribution in [2.45, 2.75) is 30.9 Å². The molecule has 6 N–H and O–H groups in total. The lowest BCUT2D eigenvalue weighted by atomic mass is 9.96. The van der Waals surface area contributed by atoms with E-state index in [0.717, 1.165) is 16.5 Å². The second-order valence-corrected chi connectivity index (χ2v) is 6.05. The third-order valence-electron chi connectivity index (χ3n) is 3.91. The van der Waals surface area contributed by atoms with Gasteiger partial charge in [0.05, 0.1) is 12.8 Å². The van der Waals surface area contributed by atoms with Crippen LogP contribution in [0.25, 0.3) is 10.9 Å². The molecule has 0 fully saturated rings. The molecule has 0 aliphatic heterocycles. The normalized spacial score (nSPS) is 14.3. The van der Waals surface area contributed by atoms with Gasteiger partial charge in [0.2, 0.25) is 0 Å². The molecule has 0 amide bonds. The van der Waals surface area contributed by atoms with Gasteiger partial charge in [-0.1, -0.05) is 18.2 Å². The molecule has 2 aromatic rings. The van der Waals surface area contributed by atoms with Crippen molar-refractivity contribution >= 4 is 34.8 Å². The molecule has 0 aliphatic carbocycles. The maximum Gasteiger partial charge on any atom is 0.336 e. The van der Waals surface area contributed by atoms with Gasteiger partial charge in [0.25, 0.3) is 0 Å². The summed E-state index contributed by atoms with van der Waals surface area (Å²) in [5.41, 5.74) is 4.41. The minimum absolute atomic E-state index is 0.0501. The molecule has 0 saturated carbocycles. The molecule has 1 heterocycles. The highest BCUT2D eigenvalue weighted by atomic mass is 16.6. The van der Waals surface area contributed by atoms with Crippen molar-refractivity contribution in [3.05, 3.63) is 36.0 Å². The summed E-state index contributed by atoms with van der Waals surface area (Å²) in [6.45, 7) is 0. The number of aliphatic hydroxyl groups is 1. The quantitative estimate of drug-likeness (QED) is 0.307. The molecule has 2 atom stereocenters. The molecule has 2 rings (SSSR count). The first-order valence-electron chi connectivity index (χ1n) is 7.85. The van der Waals surface area contributed by atoms with Crippen LogP contribution < -0.4 is 5.73 Å². The zero-order valence-corrected chi connectivity index (χ0v) is 14.0. The number of carbonyl (C=O) groups is 4. The zero-order valence-electron chi connectivity index (χ0n) is 14.0. The Labute approximate surface area is 152 Å². The fourth-order valence-electron chi connectivity index (χ4n) is 2.55. The summed E-state index contributed by atoms with van der Waals surface area (Å²) in [7, 11) is 0. The van der Waals surface area contributed by atoms with Crippen molar-refractivity contribution in [1.82, 2.24) is 4.98 Å². The number of benzene rings is 1. The predicted octanol–water partition coefficient (Wildman–Crippen LogP) is -0.212. The first-order valence-corrected chi connectivity index (χ1v) is 7.85. The standard InChI is InChI=1S/C17H18N2O8/c18-11(5-9-8-19-12-4-2-1-3-10(9)12)15(23)27-14(22)7-17(26,16(24)25)6-13(20)21/h1-4,8,11,19,26H,5-7,18H2,(H,20,21)(H,24,25)/t11-,17?/m0/s1. The molecule has 0 saturated heterocycles. The number of ether oxygens (including phenoxy) is 1. The summed E-state index contributed by atoms with van der Waals surface area (Å²) in [6, 6.07) is 6.08. The number of H-pyrrole nitrogens is 1. The Morgan fingerprint density at radius 2 is 1.81 bits per heavy atom. The number of para-hydroxylation sites is 1. The Balaban J connectivity index is 1.99. The highest BCUT2D eigenvalue weighted by Gasteiger charge is 2.42. The zero-order chi connectivity index (χ0) is 20.2. The number of hydrogen-bond acceptors (Lipinski definition) is 7. The third kappa shape index (κ3) is 4.90. The molecule has 0 aliphatic rings. The lowest BCUT2D eigenvalue weighted by molar-refractivity contribution is -0.174. The number of carbonyl (C=O) groups excluding carboxylic acids is 2. The third-order valence-corrected chi connectivity index (χ3v) is 3.91. The summed E-state index contributed by atoms with van der Waals surface area (Å²) < 4.78 is 4.47. The van der Waals surface area contributed by atoms with Crippen LogP contribution in [-0.2, 0) is 30.3 Å². The van der Waals surface area contributed by atoms with Gasteiger partial charge in [-0.2, -0.15) is 0 Å². The van der Waals surface area contributed by atoms with E-state index in [1.165, 1.54) is 0 Å². The van der Waals surface area contributed by atoms with Crippen LogP contribution in [-0.4, -0.2) is 55.8 Å². The van der Waals surface area contributed by atoms with Gasteiger partial charge in [0.15, 0.2) is 5.60 Å². The number of carboxylic acids is 2. The smallest absolute Gasteiger partial charge is 0.336 e. The van der Waals surface area contributed by atoms with Crippen LogP contribution in [0.3, 0.4) is 0 Å². The van der Waals surface area contributed by atoms with Gasteiger partial charge in [-0.05, 0) is 11.6 Å². The number of aliphatic carboxylic acids is 2. The lowest BCUT2D eigenvalue weighted by Crippen LogP contribution is -2.44. The maximum absolute atomic E-state index is 12.0. The predicted molar refractivity (Wildman–Crippen MR) is 90.5 cm³/mol. The summed E-state index contributed by atoms with van der Waals surface area (Å²) >= 11 is 0. The molecule has 1 aromatic carbocycles. The fourth-order valence-corrected chi connectivity index (χ4v) is 2.55. The second-order valence-electron chi connectivity index (χ2n) is 6.05. The summed E-state index contributed by atoms with van der Waals surface area (Å²) in [5, 5.41) is 28.2. The summed E-state index contributed by atoms with van der Waals surface area (Å²) in [4.78, 5) is 48.4. The number of nitrogens with one attached hydrogen (secondary N) is 1. The number of fused-ring (bicyclic) bond motifs is 1. The van der Waals surface area contributed by atoms with Gasteiger partial charge in [-0.3, -0.25) is 9.59 Å². The molecule has 0 bridgehead atoms. The largest absolute Gasteiger partial charge is 0.481 e. The highest BCUT2D eigenvalue weighted by molar-refractivity contribution is 5.93. The first-order chi connectivity index (χ1) is 12.6. The van der Waals surface area contributed by atoms with Crippen LogP contribution in [0, 0.1) is 0 Å². The van der Waals surface area contributed by atoms with E-state index in [1.807, 2.05) is 24.3 Å². The Morgan fingerprint density at radius 3 is 2.44 bits per heavy atom. The van der Waals surface area contributed by atoms with Gasteiger partial charge < -0.3 is 30.8 Å². The molecule has 10 nitrogen and oxygen atoms in total. The van der Waals surface area contributed by atoms with Crippen LogP contribution in [0.5, 0.6) is 0 Å². The first kappa shape index (κ1) is 20.1. The number of rotatable bonds is 8.